The predicted octanol–water partition coefficient (Wildman–Crippen LogP) is 3.40. The minimum Gasteiger partial charge on any atom is -0.342 e. The van der Waals surface area contributed by atoms with Crippen LogP contribution in [0.4, 0.5) is 0 Å². The van der Waals surface area contributed by atoms with Gasteiger partial charge >= 0.3 is 0 Å². The summed E-state index contributed by atoms with van der Waals surface area (Å²) in [6.45, 7) is 6.49. The number of benzene rings is 1. The molecule has 2 saturated heterocycles. The minimum atomic E-state index is 0.296. The third-order valence-electron chi connectivity index (χ3n) is 5.41. The van der Waals surface area contributed by atoms with E-state index in [4.69, 9.17) is 0 Å². The third kappa shape index (κ3) is 4.57. The number of hydrogen-bond donors (Lipinski definition) is 0. The van der Waals surface area contributed by atoms with E-state index in [1.165, 1.54) is 44.3 Å². The summed E-state index contributed by atoms with van der Waals surface area (Å²) in [5.74, 6) is 0.296. The highest BCUT2D eigenvalue weighted by Gasteiger charge is 2.27. The normalized spacial score (nSPS) is 21.2. The molecular weight excluding hydrogens is 284 g/mol. The Morgan fingerprint density at radius 2 is 1.74 bits per heavy atom. The smallest absolute Gasteiger partial charge is 0.226 e. The maximum absolute atomic E-state index is 12.5. The van der Waals surface area contributed by atoms with Crippen LogP contribution in [0.15, 0.2) is 24.3 Å². The fourth-order valence-corrected chi connectivity index (χ4v) is 4.05. The molecule has 0 atom stereocenters. The van der Waals surface area contributed by atoms with Gasteiger partial charge in [0.25, 0.3) is 0 Å². The Balaban J connectivity index is 1.49. The number of carbonyl (C=O) groups excluding carboxylic acids is 1. The monoisotopic (exact) mass is 314 g/mol. The summed E-state index contributed by atoms with van der Waals surface area (Å²) in [6, 6.07) is 9.03. The molecule has 3 nitrogen and oxygen atoms in total. The van der Waals surface area contributed by atoms with Crippen LogP contribution >= 0.6 is 0 Å². The largest absolute Gasteiger partial charge is 0.342 e. The van der Waals surface area contributed by atoms with Gasteiger partial charge in [0.05, 0.1) is 6.42 Å². The fourth-order valence-electron chi connectivity index (χ4n) is 4.05. The molecule has 1 aromatic rings. The van der Waals surface area contributed by atoms with E-state index >= 15 is 0 Å². The van der Waals surface area contributed by atoms with Crippen LogP contribution in [0.1, 0.15) is 49.7 Å². The molecule has 0 saturated carbocycles. The highest BCUT2D eigenvalue weighted by atomic mass is 16.2. The lowest BCUT2D eigenvalue weighted by Gasteiger charge is -2.38. The lowest BCUT2D eigenvalue weighted by atomic mass is 10.0. The molecule has 0 radical (unpaired) electrons. The van der Waals surface area contributed by atoms with Crippen LogP contribution in [-0.4, -0.2) is 47.9 Å². The van der Waals surface area contributed by atoms with E-state index in [1.54, 1.807) is 0 Å². The molecule has 1 amide bonds. The third-order valence-corrected chi connectivity index (χ3v) is 5.41. The van der Waals surface area contributed by atoms with Gasteiger partial charge in [0.15, 0.2) is 0 Å². The van der Waals surface area contributed by atoms with Gasteiger partial charge in [-0.15, -0.1) is 0 Å². The molecule has 23 heavy (non-hydrogen) atoms. The molecule has 0 aromatic heterocycles. The number of rotatable bonds is 3. The van der Waals surface area contributed by atoms with Gasteiger partial charge in [-0.3, -0.25) is 4.79 Å². The summed E-state index contributed by atoms with van der Waals surface area (Å²) in [6.07, 6.45) is 8.35. The first-order valence-electron chi connectivity index (χ1n) is 9.30. The highest BCUT2D eigenvalue weighted by molar-refractivity contribution is 5.78. The Labute approximate surface area is 140 Å². The molecule has 1 aromatic carbocycles. The van der Waals surface area contributed by atoms with Crippen LogP contribution in [0.25, 0.3) is 0 Å². The molecule has 0 spiro atoms. The number of amides is 1. The molecule has 3 heteroatoms. The Bertz CT molecular complexity index is 512. The van der Waals surface area contributed by atoms with E-state index in [-0.39, 0.29) is 0 Å². The summed E-state index contributed by atoms with van der Waals surface area (Å²) >= 11 is 0. The van der Waals surface area contributed by atoms with E-state index in [9.17, 15) is 4.79 Å². The van der Waals surface area contributed by atoms with Gasteiger partial charge in [-0.2, -0.15) is 0 Å². The van der Waals surface area contributed by atoms with Gasteiger partial charge < -0.3 is 9.80 Å². The maximum Gasteiger partial charge on any atom is 0.226 e. The van der Waals surface area contributed by atoms with Crippen molar-refractivity contribution >= 4 is 5.91 Å². The Kier molecular flexibility index (Phi) is 5.71. The van der Waals surface area contributed by atoms with Crippen molar-refractivity contribution in [2.75, 3.05) is 26.2 Å². The van der Waals surface area contributed by atoms with Crippen LogP contribution in [0.5, 0.6) is 0 Å². The number of carbonyl (C=O) groups is 1. The van der Waals surface area contributed by atoms with Gasteiger partial charge in [-0.25, -0.2) is 0 Å². The fraction of sp³-hybridized carbons (Fsp3) is 0.650. The summed E-state index contributed by atoms with van der Waals surface area (Å²) in [7, 11) is 0. The van der Waals surface area contributed by atoms with E-state index in [1.807, 2.05) is 6.07 Å². The second kappa shape index (κ2) is 7.96. The second-order valence-electron chi connectivity index (χ2n) is 7.23. The van der Waals surface area contributed by atoms with Crippen LogP contribution in [0.2, 0.25) is 0 Å². The Morgan fingerprint density at radius 3 is 2.39 bits per heavy atom. The quantitative estimate of drug-likeness (QED) is 0.853. The zero-order valence-corrected chi connectivity index (χ0v) is 14.5. The van der Waals surface area contributed by atoms with Gasteiger partial charge in [0.2, 0.25) is 5.91 Å². The van der Waals surface area contributed by atoms with Crippen LogP contribution in [0, 0.1) is 6.92 Å². The van der Waals surface area contributed by atoms with Crippen molar-refractivity contribution in [3.05, 3.63) is 35.4 Å². The van der Waals surface area contributed by atoms with Crippen molar-refractivity contribution in [1.82, 2.24) is 9.80 Å². The Hall–Kier alpha value is -1.35. The minimum absolute atomic E-state index is 0.296. The number of piperidine rings is 1. The molecule has 2 aliphatic rings. The molecular formula is C20H30N2O. The van der Waals surface area contributed by atoms with Crippen molar-refractivity contribution in [1.29, 1.82) is 0 Å². The van der Waals surface area contributed by atoms with Crippen LogP contribution in [-0.2, 0) is 11.2 Å². The first-order valence-corrected chi connectivity index (χ1v) is 9.30. The van der Waals surface area contributed by atoms with Crippen molar-refractivity contribution in [3.8, 4) is 0 Å². The molecule has 2 fully saturated rings. The zero-order valence-electron chi connectivity index (χ0n) is 14.5. The lowest BCUT2D eigenvalue weighted by molar-refractivity contribution is -0.132. The van der Waals surface area contributed by atoms with E-state index in [0.29, 0.717) is 18.4 Å². The summed E-state index contributed by atoms with van der Waals surface area (Å²) in [4.78, 5) is 17.3. The molecule has 0 unspecified atom stereocenters. The maximum atomic E-state index is 12.5. The number of nitrogens with zero attached hydrogens (tertiary/aromatic N) is 2. The van der Waals surface area contributed by atoms with E-state index in [0.717, 1.165) is 31.5 Å². The van der Waals surface area contributed by atoms with E-state index < -0.39 is 0 Å². The summed E-state index contributed by atoms with van der Waals surface area (Å²) < 4.78 is 0. The van der Waals surface area contributed by atoms with Crippen molar-refractivity contribution in [2.24, 2.45) is 0 Å². The predicted molar refractivity (Wildman–Crippen MR) is 94.5 cm³/mol. The molecule has 2 heterocycles. The Morgan fingerprint density at radius 1 is 1.04 bits per heavy atom. The molecule has 0 aliphatic carbocycles. The van der Waals surface area contributed by atoms with Gasteiger partial charge in [0, 0.05) is 19.1 Å². The van der Waals surface area contributed by atoms with E-state index in [2.05, 4.69) is 34.9 Å². The molecule has 0 N–H and O–H groups in total. The van der Waals surface area contributed by atoms with Crippen LogP contribution in [0.3, 0.4) is 0 Å². The SMILES string of the molecule is Cc1cccc(CC(=O)N2CCC(N3CCCCCC3)CC2)c1. The summed E-state index contributed by atoms with van der Waals surface area (Å²) in [5.41, 5.74) is 2.37. The van der Waals surface area contributed by atoms with Gasteiger partial charge in [-0.05, 0) is 51.3 Å². The first kappa shape index (κ1) is 16.5. The molecule has 126 valence electrons. The second-order valence-corrected chi connectivity index (χ2v) is 7.23. The zero-order chi connectivity index (χ0) is 16.1. The topological polar surface area (TPSA) is 23.6 Å². The average Bonchev–Trinajstić information content (AvgIpc) is 2.84. The van der Waals surface area contributed by atoms with Crippen molar-refractivity contribution < 1.29 is 4.79 Å². The average molecular weight is 314 g/mol. The molecule has 3 rings (SSSR count). The number of aryl methyl sites for hydroxylation is 1. The van der Waals surface area contributed by atoms with Gasteiger partial charge in [0.1, 0.15) is 0 Å². The lowest BCUT2D eigenvalue weighted by Crippen LogP contribution is -2.47. The van der Waals surface area contributed by atoms with Crippen molar-refractivity contribution in [2.45, 2.75) is 57.9 Å². The standard InChI is InChI=1S/C20H30N2O/c1-17-7-6-8-18(15-17)16-20(23)22-13-9-19(10-14-22)21-11-4-2-3-5-12-21/h6-8,15,19H,2-5,9-14,16H2,1H3. The molecule has 0 bridgehead atoms. The van der Waals surface area contributed by atoms with Crippen molar-refractivity contribution in [3.63, 3.8) is 0 Å². The number of likely N-dealkylation sites (tertiary alicyclic amines) is 2. The first-order chi connectivity index (χ1) is 11.2. The van der Waals surface area contributed by atoms with Gasteiger partial charge in [-0.1, -0.05) is 42.7 Å². The summed E-state index contributed by atoms with van der Waals surface area (Å²) in [5, 5.41) is 0. The highest BCUT2D eigenvalue weighted by Crippen LogP contribution is 2.21. The number of hydrogen-bond acceptors (Lipinski definition) is 2. The molecule has 2 aliphatic heterocycles. The van der Waals surface area contributed by atoms with Crippen LogP contribution < -0.4 is 0 Å².